The Morgan fingerprint density at radius 3 is 0.943 bits per heavy atom. The quantitative estimate of drug-likeness (QED) is 0.137. The van der Waals surface area contributed by atoms with Crippen LogP contribution >= 0.6 is 0 Å². The van der Waals surface area contributed by atoms with E-state index in [2.05, 4.69) is 72.8 Å². The average Bonchev–Trinajstić information content (AvgIpc) is 3.07. The van der Waals surface area contributed by atoms with Crippen LogP contribution in [0.15, 0.2) is 304 Å². The number of para-hydroxylation sites is 4. The molecule has 0 aliphatic rings. The Labute approximate surface area is 498 Å². The summed E-state index contributed by atoms with van der Waals surface area (Å²) < 4.78 is 58.4. The second kappa shape index (κ2) is 20.1. The van der Waals surface area contributed by atoms with E-state index in [9.17, 15) is 0 Å². The fourth-order valence-corrected chi connectivity index (χ4v) is 13.2. The molecule has 17 aromatic rings. The predicted molar refractivity (Wildman–Crippen MR) is 354 cm³/mol. The van der Waals surface area contributed by atoms with Gasteiger partial charge in [0, 0.05) is 65.0 Å². The molecule has 0 radical (unpaired) electrons. The van der Waals surface area contributed by atoms with Crippen molar-refractivity contribution in [3.8, 4) is 44.5 Å². The molecule has 87 heavy (non-hydrogen) atoms. The lowest BCUT2D eigenvalue weighted by Crippen LogP contribution is -2.14. The molecule has 0 aliphatic heterocycles. The normalized spacial score (nSPS) is 11.8. The molecule has 0 N–H and O–H groups in total. The van der Waals surface area contributed by atoms with Gasteiger partial charge in [-0.2, -0.15) is 0 Å². The Morgan fingerprint density at radius 2 is 0.540 bits per heavy atom. The maximum absolute atomic E-state index is 18.6. The van der Waals surface area contributed by atoms with Gasteiger partial charge < -0.3 is 23.1 Å². The minimum absolute atomic E-state index is 0.338. The van der Waals surface area contributed by atoms with Gasteiger partial charge >= 0.3 is 0 Å². The Balaban J connectivity index is 1.00. The van der Waals surface area contributed by atoms with Gasteiger partial charge in [0.1, 0.15) is 34.0 Å². The standard InChI is InChI=1S/C80H48F2N2O3/c81-67-45-53(49-23-5-1-6-24-49)43-63(51-27-9-3-10-28-51)75(67)83(69-39-21-37-61-57-33-17-19-41-73(57)85-79(61)69)71-47-65-66-48-72(56-32-14-16-36-60(56)78(66)87-77(65)59-35-15-13-31-55(59)71)84(70-40-22-38-62-58-34-18-20-42-74(58)86-80(62)70)76-64(52-29-11-4-12-30-52)44-54(46-68(76)82)50-25-7-2-8-26-50/h1-48H. The molecule has 5 nitrogen and oxygen atoms in total. The molecule has 0 aliphatic carbocycles. The van der Waals surface area contributed by atoms with Crippen LogP contribution in [0, 0.1) is 11.6 Å². The second-order valence-corrected chi connectivity index (χ2v) is 22.1. The fourth-order valence-electron chi connectivity index (χ4n) is 13.2. The zero-order chi connectivity index (χ0) is 57.7. The van der Waals surface area contributed by atoms with Gasteiger partial charge in [0.2, 0.25) is 0 Å². The van der Waals surface area contributed by atoms with Crippen LogP contribution in [0.1, 0.15) is 0 Å². The van der Waals surface area contributed by atoms with E-state index in [1.165, 1.54) is 0 Å². The van der Waals surface area contributed by atoms with Crippen LogP contribution in [0.3, 0.4) is 0 Å². The number of furan rings is 3. The lowest BCUT2D eigenvalue weighted by molar-refractivity contribution is 0.629. The Hall–Kier alpha value is -11.5. The molecule has 0 spiro atoms. The van der Waals surface area contributed by atoms with Gasteiger partial charge in [-0.15, -0.1) is 0 Å². The van der Waals surface area contributed by atoms with Gasteiger partial charge in [0.15, 0.2) is 11.2 Å². The first-order valence-corrected chi connectivity index (χ1v) is 29.1. The van der Waals surface area contributed by atoms with Gasteiger partial charge in [-0.3, -0.25) is 0 Å². The third-order valence-electron chi connectivity index (χ3n) is 17.1. The maximum Gasteiger partial charge on any atom is 0.159 e. The zero-order valence-corrected chi connectivity index (χ0v) is 46.6. The van der Waals surface area contributed by atoms with Gasteiger partial charge in [0.05, 0.1) is 34.1 Å². The summed E-state index contributed by atoms with van der Waals surface area (Å²) in [6.07, 6.45) is 0. The highest BCUT2D eigenvalue weighted by Crippen LogP contribution is 2.55. The predicted octanol–water partition coefficient (Wildman–Crippen LogP) is 23.6. The molecule has 0 amide bonds. The first-order valence-electron chi connectivity index (χ1n) is 29.1. The highest BCUT2D eigenvalue weighted by atomic mass is 19.1. The van der Waals surface area contributed by atoms with Crippen LogP contribution in [0.25, 0.3) is 132 Å². The summed E-state index contributed by atoms with van der Waals surface area (Å²) in [6.45, 7) is 0. The van der Waals surface area contributed by atoms with Crippen LogP contribution < -0.4 is 9.80 Å². The van der Waals surface area contributed by atoms with Crippen molar-refractivity contribution in [3.05, 3.63) is 303 Å². The Bertz CT molecular complexity index is 5220. The Kier molecular flexibility index (Phi) is 11.5. The summed E-state index contributed by atoms with van der Waals surface area (Å²) in [5.74, 6) is -0.856. The zero-order valence-electron chi connectivity index (χ0n) is 46.6. The van der Waals surface area contributed by atoms with Crippen molar-refractivity contribution in [2.75, 3.05) is 9.80 Å². The largest absolute Gasteiger partial charge is 0.455 e. The Morgan fingerprint density at radius 1 is 0.218 bits per heavy atom. The molecule has 17 rings (SSSR count). The summed E-state index contributed by atoms with van der Waals surface area (Å²) in [5.41, 5.74) is 13.5. The van der Waals surface area contributed by atoms with E-state index in [-0.39, 0.29) is 0 Å². The molecule has 0 atom stereocenters. The number of hydrogen-bond acceptors (Lipinski definition) is 5. The molecule has 3 aromatic heterocycles. The summed E-state index contributed by atoms with van der Waals surface area (Å²) in [4.78, 5) is 4.09. The van der Waals surface area contributed by atoms with Crippen molar-refractivity contribution in [1.29, 1.82) is 0 Å². The molecule has 14 aromatic carbocycles. The van der Waals surface area contributed by atoms with Crippen molar-refractivity contribution in [2.24, 2.45) is 0 Å². The topological polar surface area (TPSA) is 45.9 Å². The van der Waals surface area contributed by atoms with Crippen LogP contribution in [-0.2, 0) is 0 Å². The third-order valence-corrected chi connectivity index (χ3v) is 17.1. The molecule has 0 bridgehead atoms. The highest BCUT2D eigenvalue weighted by molar-refractivity contribution is 6.27. The van der Waals surface area contributed by atoms with E-state index in [4.69, 9.17) is 13.3 Å². The van der Waals surface area contributed by atoms with E-state index >= 15 is 8.78 Å². The molecule has 0 unspecified atom stereocenters. The van der Waals surface area contributed by atoms with E-state index < -0.39 is 11.6 Å². The molecule has 7 heteroatoms. The van der Waals surface area contributed by atoms with Crippen LogP contribution in [-0.4, -0.2) is 0 Å². The van der Waals surface area contributed by atoms with Gasteiger partial charge in [-0.1, -0.05) is 231 Å². The van der Waals surface area contributed by atoms with Crippen molar-refractivity contribution in [3.63, 3.8) is 0 Å². The first kappa shape index (κ1) is 50.0. The van der Waals surface area contributed by atoms with Crippen LogP contribution in [0.5, 0.6) is 0 Å². The molecule has 0 fully saturated rings. The highest BCUT2D eigenvalue weighted by Gasteiger charge is 2.32. The maximum atomic E-state index is 18.6. The van der Waals surface area contributed by atoms with Gasteiger partial charge in [-0.25, -0.2) is 8.78 Å². The summed E-state index contributed by atoms with van der Waals surface area (Å²) in [7, 11) is 0. The lowest BCUT2D eigenvalue weighted by atomic mass is 9.94. The fraction of sp³-hybridized carbons (Fsp3) is 0. The molecule has 0 saturated carbocycles. The monoisotopic (exact) mass is 1120 g/mol. The third kappa shape index (κ3) is 8.04. The molecule has 0 saturated heterocycles. The van der Waals surface area contributed by atoms with E-state index in [0.717, 1.165) is 87.2 Å². The number of halogens is 2. The molecule has 3 heterocycles. The SMILES string of the molecule is Fc1cc(-c2ccccc2)cc(-c2ccccc2)c1N(c1cc2c3cc(N(c4c(F)cc(-c5ccccc5)cc4-c4ccccc4)c4cccc5c4oc4ccccc45)c4ccccc4c3oc2c2ccccc12)c1cccc2c1oc1ccccc12. The number of nitrogens with zero attached hydrogens (tertiary/aromatic N) is 2. The minimum atomic E-state index is -0.428. The van der Waals surface area contributed by atoms with E-state index in [0.29, 0.717) is 78.7 Å². The summed E-state index contributed by atoms with van der Waals surface area (Å²) in [5, 5.41) is 8.47. The molecular formula is C80H48F2N2O3. The van der Waals surface area contributed by atoms with Crippen LogP contribution in [0.4, 0.5) is 42.9 Å². The molecule has 410 valence electrons. The smallest absolute Gasteiger partial charge is 0.159 e. The van der Waals surface area contributed by atoms with Crippen molar-refractivity contribution < 1.29 is 22.0 Å². The van der Waals surface area contributed by atoms with Gasteiger partial charge in [0.25, 0.3) is 0 Å². The number of hydrogen-bond donors (Lipinski definition) is 0. The van der Waals surface area contributed by atoms with E-state index in [1.807, 2.05) is 216 Å². The second-order valence-electron chi connectivity index (χ2n) is 22.1. The van der Waals surface area contributed by atoms with Crippen LogP contribution in [0.2, 0.25) is 0 Å². The van der Waals surface area contributed by atoms with Crippen molar-refractivity contribution >= 4 is 121 Å². The summed E-state index contributed by atoms with van der Waals surface area (Å²) in [6, 6.07) is 96.2. The van der Waals surface area contributed by atoms with Crippen molar-refractivity contribution in [1.82, 2.24) is 0 Å². The number of anilines is 6. The first-order chi connectivity index (χ1) is 43.0. The number of rotatable bonds is 10. The average molecular weight is 1120 g/mol. The van der Waals surface area contributed by atoms with Gasteiger partial charge in [-0.05, 0) is 94.0 Å². The number of fused-ring (bicyclic) bond motifs is 13. The van der Waals surface area contributed by atoms with Crippen molar-refractivity contribution in [2.45, 2.75) is 0 Å². The van der Waals surface area contributed by atoms with E-state index in [1.54, 1.807) is 12.1 Å². The summed E-state index contributed by atoms with van der Waals surface area (Å²) >= 11 is 0. The minimum Gasteiger partial charge on any atom is -0.455 e. The number of benzene rings is 14. The molecular weight excluding hydrogens is 1070 g/mol. The lowest BCUT2D eigenvalue weighted by Gasteiger charge is -2.30.